The normalized spacial score (nSPS) is 26.1. The lowest BCUT2D eigenvalue weighted by molar-refractivity contribution is 0.0662. The van der Waals surface area contributed by atoms with Crippen molar-refractivity contribution in [1.29, 1.82) is 0 Å². The SMILES string of the molecule is CC1(C)OC(=O)N(C2CCC(n3c(=O)oc4cccnc43)CC2)[C@H]1c1ccccc1. The summed E-state index contributed by atoms with van der Waals surface area (Å²) in [7, 11) is 0. The second-order valence-electron chi connectivity index (χ2n) is 8.72. The molecule has 0 bridgehead atoms. The maximum Gasteiger partial charge on any atom is 0.421 e. The number of amides is 1. The number of aromatic nitrogens is 2. The molecule has 3 aromatic rings. The number of pyridine rings is 1. The van der Waals surface area contributed by atoms with Crippen LogP contribution in [0.4, 0.5) is 4.79 Å². The van der Waals surface area contributed by atoms with E-state index in [1.54, 1.807) is 22.9 Å². The van der Waals surface area contributed by atoms with E-state index in [-0.39, 0.29) is 30.0 Å². The van der Waals surface area contributed by atoms with Crippen LogP contribution in [0.2, 0.25) is 0 Å². The molecule has 7 nitrogen and oxygen atoms in total. The van der Waals surface area contributed by atoms with Gasteiger partial charge in [0, 0.05) is 18.3 Å². The van der Waals surface area contributed by atoms with E-state index in [1.807, 2.05) is 36.9 Å². The quantitative estimate of drug-likeness (QED) is 0.641. The first-order valence-corrected chi connectivity index (χ1v) is 10.5. The third-order valence-corrected chi connectivity index (χ3v) is 6.41. The molecule has 1 aliphatic heterocycles. The van der Waals surface area contributed by atoms with Crippen molar-refractivity contribution in [2.45, 2.75) is 63.3 Å². The van der Waals surface area contributed by atoms with Gasteiger partial charge in [0.1, 0.15) is 5.60 Å². The fraction of sp³-hybridized carbons (Fsp3) is 0.435. The summed E-state index contributed by atoms with van der Waals surface area (Å²) in [6.45, 7) is 3.94. The minimum absolute atomic E-state index is 0.0201. The number of fused-ring (bicyclic) bond motifs is 1. The van der Waals surface area contributed by atoms with Crippen molar-refractivity contribution >= 4 is 17.3 Å². The zero-order valence-electron chi connectivity index (χ0n) is 17.2. The van der Waals surface area contributed by atoms with Crippen LogP contribution in [0.1, 0.15) is 57.2 Å². The Morgan fingerprint density at radius 2 is 1.67 bits per heavy atom. The average molecular weight is 407 g/mol. The van der Waals surface area contributed by atoms with E-state index in [9.17, 15) is 9.59 Å². The summed E-state index contributed by atoms with van der Waals surface area (Å²) in [5, 5.41) is 0. The van der Waals surface area contributed by atoms with Gasteiger partial charge in [-0.3, -0.25) is 9.47 Å². The molecule has 0 radical (unpaired) electrons. The number of cyclic esters (lactones) is 1. The Hall–Kier alpha value is -3.09. The van der Waals surface area contributed by atoms with Crippen molar-refractivity contribution in [3.63, 3.8) is 0 Å². The molecule has 156 valence electrons. The molecule has 0 N–H and O–H groups in total. The van der Waals surface area contributed by atoms with Crippen LogP contribution in [0.25, 0.3) is 11.2 Å². The van der Waals surface area contributed by atoms with Crippen molar-refractivity contribution in [1.82, 2.24) is 14.5 Å². The summed E-state index contributed by atoms with van der Waals surface area (Å²) >= 11 is 0. The molecule has 1 saturated carbocycles. The lowest BCUT2D eigenvalue weighted by Gasteiger charge is -2.38. The minimum atomic E-state index is -0.600. The summed E-state index contributed by atoms with van der Waals surface area (Å²) in [5.41, 5.74) is 1.59. The van der Waals surface area contributed by atoms with Gasteiger partial charge in [-0.2, -0.15) is 0 Å². The molecule has 0 spiro atoms. The van der Waals surface area contributed by atoms with Crippen LogP contribution in [0.3, 0.4) is 0 Å². The van der Waals surface area contributed by atoms with E-state index < -0.39 is 5.60 Å². The molecular formula is C23H25N3O4. The number of ether oxygens (including phenoxy) is 1. The molecule has 1 saturated heterocycles. The molecule has 1 aliphatic carbocycles. The average Bonchev–Trinajstić information content (AvgIpc) is 3.20. The Morgan fingerprint density at radius 3 is 2.40 bits per heavy atom. The van der Waals surface area contributed by atoms with Gasteiger partial charge in [-0.1, -0.05) is 30.3 Å². The smallest absolute Gasteiger partial charge is 0.421 e. The lowest BCUT2D eigenvalue weighted by Crippen LogP contribution is -2.43. The summed E-state index contributed by atoms with van der Waals surface area (Å²) in [4.78, 5) is 31.5. The molecule has 2 fully saturated rings. The van der Waals surface area contributed by atoms with Crippen LogP contribution in [0.5, 0.6) is 0 Å². The number of hydrogen-bond donors (Lipinski definition) is 0. The zero-order chi connectivity index (χ0) is 20.9. The van der Waals surface area contributed by atoms with E-state index in [4.69, 9.17) is 9.15 Å². The molecule has 3 heterocycles. The third-order valence-electron chi connectivity index (χ3n) is 6.41. The molecule has 7 heteroatoms. The van der Waals surface area contributed by atoms with Crippen LogP contribution in [0, 0.1) is 0 Å². The van der Waals surface area contributed by atoms with Gasteiger partial charge in [0.2, 0.25) is 0 Å². The van der Waals surface area contributed by atoms with Crippen molar-refractivity contribution < 1.29 is 13.9 Å². The Bertz CT molecular complexity index is 1130. The Morgan fingerprint density at radius 1 is 0.967 bits per heavy atom. The molecule has 1 amide bonds. The molecule has 5 rings (SSSR count). The first-order chi connectivity index (χ1) is 14.5. The molecule has 1 aromatic carbocycles. The van der Waals surface area contributed by atoms with Gasteiger partial charge in [0.05, 0.1) is 6.04 Å². The highest BCUT2D eigenvalue weighted by atomic mass is 16.6. The Kier molecular flexibility index (Phi) is 4.41. The summed E-state index contributed by atoms with van der Waals surface area (Å²) in [6, 6.07) is 13.5. The first kappa shape index (κ1) is 18.9. The highest BCUT2D eigenvalue weighted by Gasteiger charge is 2.51. The van der Waals surface area contributed by atoms with E-state index in [0.717, 1.165) is 31.2 Å². The van der Waals surface area contributed by atoms with E-state index in [0.29, 0.717) is 11.2 Å². The lowest BCUT2D eigenvalue weighted by atomic mass is 9.86. The number of rotatable bonds is 3. The number of benzene rings is 1. The fourth-order valence-corrected chi connectivity index (χ4v) is 5.12. The van der Waals surface area contributed by atoms with Crippen molar-refractivity contribution in [3.8, 4) is 0 Å². The number of carbonyl (C=O) groups excluding carboxylic acids is 1. The predicted octanol–water partition coefficient (Wildman–Crippen LogP) is 4.45. The van der Waals surface area contributed by atoms with Crippen molar-refractivity contribution in [2.75, 3.05) is 0 Å². The maximum absolute atomic E-state index is 12.8. The fourth-order valence-electron chi connectivity index (χ4n) is 5.12. The van der Waals surface area contributed by atoms with Crippen molar-refractivity contribution in [3.05, 3.63) is 64.8 Å². The van der Waals surface area contributed by atoms with E-state index in [2.05, 4.69) is 17.1 Å². The predicted molar refractivity (Wildman–Crippen MR) is 111 cm³/mol. The van der Waals surface area contributed by atoms with Crippen LogP contribution in [0.15, 0.2) is 57.9 Å². The second-order valence-corrected chi connectivity index (χ2v) is 8.72. The van der Waals surface area contributed by atoms with Crippen LogP contribution in [-0.2, 0) is 4.74 Å². The number of carbonyl (C=O) groups is 1. The third kappa shape index (κ3) is 3.00. The molecule has 1 atom stereocenters. The summed E-state index contributed by atoms with van der Waals surface area (Å²) in [6.07, 6.45) is 4.57. The summed E-state index contributed by atoms with van der Waals surface area (Å²) in [5.74, 6) is -0.365. The zero-order valence-corrected chi connectivity index (χ0v) is 17.2. The molecule has 2 aliphatic rings. The van der Waals surface area contributed by atoms with Crippen LogP contribution >= 0.6 is 0 Å². The maximum atomic E-state index is 12.8. The second kappa shape index (κ2) is 7.00. The van der Waals surface area contributed by atoms with Gasteiger partial charge in [0.25, 0.3) is 0 Å². The molecule has 2 aromatic heterocycles. The number of nitrogens with zero attached hydrogens (tertiary/aromatic N) is 3. The van der Waals surface area contributed by atoms with Crippen molar-refractivity contribution in [2.24, 2.45) is 0 Å². The van der Waals surface area contributed by atoms with Crippen LogP contribution in [-0.4, -0.2) is 32.2 Å². The van der Waals surface area contributed by atoms with Gasteiger partial charge < -0.3 is 9.15 Å². The van der Waals surface area contributed by atoms with Gasteiger partial charge in [-0.15, -0.1) is 0 Å². The van der Waals surface area contributed by atoms with Gasteiger partial charge in [-0.25, -0.2) is 14.6 Å². The number of oxazole rings is 1. The molecular weight excluding hydrogens is 382 g/mol. The van der Waals surface area contributed by atoms with Crippen LogP contribution < -0.4 is 5.76 Å². The topological polar surface area (TPSA) is 77.6 Å². The van der Waals surface area contributed by atoms with Gasteiger partial charge in [-0.05, 0) is 57.2 Å². The number of hydrogen-bond acceptors (Lipinski definition) is 5. The van der Waals surface area contributed by atoms with Gasteiger partial charge in [0.15, 0.2) is 11.2 Å². The van der Waals surface area contributed by atoms with Gasteiger partial charge >= 0.3 is 11.8 Å². The van der Waals surface area contributed by atoms with E-state index in [1.165, 1.54) is 0 Å². The standard InChI is InChI=1S/C23H25N3O4/c1-23(2)19(15-7-4-3-5-8-15)25(22(28)30-23)16-10-12-17(13-11-16)26-20-18(29-21(26)27)9-6-14-24-20/h3-9,14,16-17,19H,10-13H2,1-2H3/t16?,17?,19-/m0/s1. The molecule has 0 unspecified atom stereocenters. The minimum Gasteiger partial charge on any atom is -0.441 e. The molecule has 30 heavy (non-hydrogen) atoms. The monoisotopic (exact) mass is 407 g/mol. The first-order valence-electron chi connectivity index (χ1n) is 10.5. The largest absolute Gasteiger partial charge is 0.441 e. The van der Waals surface area contributed by atoms with E-state index >= 15 is 0 Å². The highest BCUT2D eigenvalue weighted by Crippen LogP contribution is 2.45. The summed E-state index contributed by atoms with van der Waals surface area (Å²) < 4.78 is 12.8. The highest BCUT2D eigenvalue weighted by molar-refractivity contribution is 5.72. The Balaban J connectivity index is 1.40. The Labute approximate surface area is 174 Å².